The van der Waals surface area contributed by atoms with E-state index in [0.717, 1.165) is 30.6 Å². The maximum Gasteiger partial charge on any atom is 0.295 e. The summed E-state index contributed by atoms with van der Waals surface area (Å²) < 4.78 is 11.2. The van der Waals surface area contributed by atoms with E-state index < -0.39 is 17.7 Å². The van der Waals surface area contributed by atoms with Crippen molar-refractivity contribution in [2.45, 2.75) is 52.5 Å². The number of benzene rings is 2. The van der Waals surface area contributed by atoms with Gasteiger partial charge in [0.1, 0.15) is 17.3 Å². The van der Waals surface area contributed by atoms with Gasteiger partial charge in [-0.05, 0) is 55.2 Å². The topological polar surface area (TPSA) is 76.1 Å². The monoisotopic (exact) mass is 485 g/mol. The molecule has 2 aromatic carbocycles. The number of rotatable bonds is 10. The molecule has 1 saturated heterocycles. The lowest BCUT2D eigenvalue weighted by molar-refractivity contribution is -0.139. The molecule has 0 aliphatic carbocycles. The van der Waals surface area contributed by atoms with Crippen LogP contribution in [0.1, 0.15) is 62.3 Å². The molecule has 182 valence electrons. The molecule has 0 bridgehead atoms. The number of nitrogens with zero attached hydrogens (tertiary/aromatic N) is 1. The van der Waals surface area contributed by atoms with Crippen molar-refractivity contribution in [3.05, 3.63) is 63.7 Å². The smallest absolute Gasteiger partial charge is 0.295 e. The Balaban J connectivity index is 2.07. The highest BCUT2D eigenvalue weighted by atomic mass is 35.5. The molecule has 1 atom stereocenters. The van der Waals surface area contributed by atoms with Crippen LogP contribution in [0.4, 0.5) is 0 Å². The fourth-order valence-corrected chi connectivity index (χ4v) is 4.59. The van der Waals surface area contributed by atoms with Crippen molar-refractivity contribution in [3.8, 4) is 11.5 Å². The number of hydrogen-bond donors (Lipinski definition) is 1. The van der Waals surface area contributed by atoms with Crippen molar-refractivity contribution in [1.29, 1.82) is 0 Å². The maximum absolute atomic E-state index is 13.1. The van der Waals surface area contributed by atoms with Crippen molar-refractivity contribution >= 4 is 29.1 Å². The van der Waals surface area contributed by atoms with E-state index in [4.69, 9.17) is 21.1 Å². The van der Waals surface area contributed by atoms with E-state index in [1.54, 1.807) is 12.1 Å². The Morgan fingerprint density at radius 1 is 1.09 bits per heavy atom. The first-order valence-corrected chi connectivity index (χ1v) is 12.1. The molecule has 2 aromatic rings. The van der Waals surface area contributed by atoms with Crippen molar-refractivity contribution in [2.75, 3.05) is 20.3 Å². The van der Waals surface area contributed by atoms with Crippen molar-refractivity contribution in [2.24, 2.45) is 0 Å². The Morgan fingerprint density at radius 3 is 2.41 bits per heavy atom. The molecule has 34 heavy (non-hydrogen) atoms. The van der Waals surface area contributed by atoms with Crippen LogP contribution in [0.15, 0.2) is 42.0 Å². The van der Waals surface area contributed by atoms with Crippen LogP contribution in [0.2, 0.25) is 5.02 Å². The molecule has 7 heteroatoms. The van der Waals surface area contributed by atoms with Gasteiger partial charge in [-0.2, -0.15) is 0 Å². The van der Waals surface area contributed by atoms with E-state index >= 15 is 0 Å². The number of amides is 1. The summed E-state index contributed by atoms with van der Waals surface area (Å²) >= 11 is 6.33. The second-order valence-corrected chi connectivity index (χ2v) is 8.85. The summed E-state index contributed by atoms with van der Waals surface area (Å²) in [4.78, 5) is 27.6. The zero-order chi connectivity index (χ0) is 24.8. The number of carbonyl (C=O) groups excluding carboxylic acids is 2. The Labute approximate surface area is 206 Å². The Morgan fingerprint density at radius 2 is 1.79 bits per heavy atom. The lowest BCUT2D eigenvalue weighted by Crippen LogP contribution is -2.30. The van der Waals surface area contributed by atoms with Crippen LogP contribution < -0.4 is 9.47 Å². The highest BCUT2D eigenvalue weighted by molar-refractivity contribution is 6.46. The average molecular weight is 486 g/mol. The van der Waals surface area contributed by atoms with E-state index in [9.17, 15) is 14.7 Å². The van der Waals surface area contributed by atoms with E-state index in [-0.39, 0.29) is 22.6 Å². The third kappa shape index (κ3) is 5.22. The van der Waals surface area contributed by atoms with Gasteiger partial charge in [-0.25, -0.2) is 0 Å². The number of unbranched alkanes of at least 4 members (excludes halogenated alkanes) is 2. The molecular weight excluding hydrogens is 454 g/mol. The molecule has 1 fully saturated rings. The maximum atomic E-state index is 13.1. The number of methoxy groups -OCH3 is 1. The van der Waals surface area contributed by atoms with Gasteiger partial charge in [-0.15, -0.1) is 0 Å². The van der Waals surface area contributed by atoms with Crippen LogP contribution in [0.3, 0.4) is 0 Å². The average Bonchev–Trinajstić information content (AvgIpc) is 3.06. The van der Waals surface area contributed by atoms with Crippen LogP contribution in [0.25, 0.3) is 5.76 Å². The molecule has 1 unspecified atom stereocenters. The first-order chi connectivity index (χ1) is 16.3. The molecule has 1 amide bonds. The minimum absolute atomic E-state index is 0.0232. The second kappa shape index (κ2) is 11.4. The van der Waals surface area contributed by atoms with Gasteiger partial charge in [-0.1, -0.05) is 50.4 Å². The summed E-state index contributed by atoms with van der Waals surface area (Å²) in [5, 5.41) is 11.6. The lowest BCUT2D eigenvalue weighted by atomic mass is 9.94. The Bertz CT molecular complexity index is 1080. The number of halogens is 1. The number of ether oxygens (including phenoxy) is 2. The summed E-state index contributed by atoms with van der Waals surface area (Å²) in [7, 11) is 1.44. The Kier molecular flexibility index (Phi) is 8.61. The van der Waals surface area contributed by atoms with Gasteiger partial charge in [-0.3, -0.25) is 9.59 Å². The summed E-state index contributed by atoms with van der Waals surface area (Å²) in [6.45, 7) is 6.92. The van der Waals surface area contributed by atoms with E-state index in [2.05, 4.69) is 6.92 Å². The van der Waals surface area contributed by atoms with Gasteiger partial charge < -0.3 is 19.5 Å². The normalized spacial score (nSPS) is 17.3. The van der Waals surface area contributed by atoms with E-state index in [1.807, 2.05) is 38.1 Å². The number of aliphatic hydroxyl groups excluding tert-OH is 1. The zero-order valence-corrected chi connectivity index (χ0v) is 20.9. The van der Waals surface area contributed by atoms with Crippen molar-refractivity contribution in [1.82, 2.24) is 4.90 Å². The molecule has 0 aromatic heterocycles. The fourth-order valence-electron chi connectivity index (χ4n) is 4.24. The Hall–Kier alpha value is -2.99. The van der Waals surface area contributed by atoms with Crippen LogP contribution in [0.5, 0.6) is 11.5 Å². The van der Waals surface area contributed by atoms with Crippen LogP contribution in [-0.2, 0) is 9.59 Å². The molecule has 0 saturated carbocycles. The number of ketones is 1. The zero-order valence-electron chi connectivity index (χ0n) is 20.2. The van der Waals surface area contributed by atoms with Crippen LogP contribution in [-0.4, -0.2) is 42.0 Å². The minimum atomic E-state index is -0.726. The number of Topliss-reactive ketones (excluding diaryl/α,β-unsaturated/α-hetero) is 1. The summed E-state index contributed by atoms with van der Waals surface area (Å²) in [6, 6.07) is 10.0. The van der Waals surface area contributed by atoms with Crippen molar-refractivity contribution < 1.29 is 24.2 Å². The third-order valence-electron chi connectivity index (χ3n) is 5.86. The summed E-state index contributed by atoms with van der Waals surface area (Å²) in [6.07, 6.45) is 3.88. The second-order valence-electron chi connectivity index (χ2n) is 8.44. The fraction of sp³-hybridized carbons (Fsp3) is 0.407. The van der Waals surface area contributed by atoms with Gasteiger partial charge in [0.05, 0.1) is 35.9 Å². The summed E-state index contributed by atoms with van der Waals surface area (Å²) in [5.41, 5.74) is 1.81. The van der Waals surface area contributed by atoms with Gasteiger partial charge >= 0.3 is 0 Å². The van der Waals surface area contributed by atoms with Gasteiger partial charge in [0, 0.05) is 6.54 Å². The number of hydrogen-bond acceptors (Lipinski definition) is 5. The SMILES string of the molecule is CCCCCOc1ccc(C2/C(=C(\O)c3cc(C)cc(Cl)c3OC)C(=O)C(=O)N2CCC)cc1. The summed E-state index contributed by atoms with van der Waals surface area (Å²) in [5.74, 6) is -0.689. The molecule has 1 N–H and O–H groups in total. The quantitative estimate of drug-likeness (QED) is 0.191. The molecule has 1 aliphatic heterocycles. The third-order valence-corrected chi connectivity index (χ3v) is 6.14. The molecular formula is C27H32ClNO5. The highest BCUT2D eigenvalue weighted by Crippen LogP contribution is 2.43. The number of aryl methyl sites for hydroxylation is 1. The number of aliphatic hydroxyl groups is 1. The first-order valence-electron chi connectivity index (χ1n) is 11.7. The van der Waals surface area contributed by atoms with Crippen molar-refractivity contribution in [3.63, 3.8) is 0 Å². The molecule has 1 heterocycles. The predicted molar refractivity (Wildman–Crippen MR) is 134 cm³/mol. The number of likely N-dealkylation sites (tertiary alicyclic amines) is 1. The first kappa shape index (κ1) is 25.6. The molecule has 0 spiro atoms. The molecule has 3 rings (SSSR count). The van der Waals surface area contributed by atoms with Crippen LogP contribution >= 0.6 is 11.6 Å². The lowest BCUT2D eigenvalue weighted by Gasteiger charge is -2.25. The molecule has 6 nitrogen and oxygen atoms in total. The molecule has 0 radical (unpaired) electrons. The highest BCUT2D eigenvalue weighted by Gasteiger charge is 2.46. The molecule has 1 aliphatic rings. The van der Waals surface area contributed by atoms with E-state index in [1.165, 1.54) is 12.0 Å². The van der Waals surface area contributed by atoms with E-state index in [0.29, 0.717) is 30.2 Å². The predicted octanol–water partition coefficient (Wildman–Crippen LogP) is 6.06. The largest absolute Gasteiger partial charge is 0.507 e. The van der Waals surface area contributed by atoms with Gasteiger partial charge in [0.25, 0.3) is 11.7 Å². The van der Waals surface area contributed by atoms with Crippen LogP contribution in [0, 0.1) is 6.92 Å². The van der Waals surface area contributed by atoms with Gasteiger partial charge in [0.15, 0.2) is 0 Å². The minimum Gasteiger partial charge on any atom is -0.507 e. The van der Waals surface area contributed by atoms with Gasteiger partial charge in [0.2, 0.25) is 0 Å². The standard InChI is InChI=1S/C27H32ClNO5/c1-5-7-8-14-34-19-11-9-18(10-12-19)23-22(25(31)27(32)29(23)13-6-2)24(30)20-15-17(3)16-21(28)26(20)33-4/h9-12,15-16,23,30H,5-8,13-14H2,1-4H3/b24-22+. The number of carbonyl (C=O) groups is 2.